The van der Waals surface area contributed by atoms with Crippen LogP contribution < -0.4 is 10.6 Å². The third kappa shape index (κ3) is 4.62. The van der Waals surface area contributed by atoms with E-state index in [2.05, 4.69) is 10.6 Å². The molecule has 3 aromatic rings. The molecule has 0 atom stereocenters. The van der Waals surface area contributed by atoms with Gasteiger partial charge in [0.2, 0.25) is 15.9 Å². The summed E-state index contributed by atoms with van der Waals surface area (Å²) in [7, 11) is -2.07. The van der Waals surface area contributed by atoms with Crippen LogP contribution >= 0.6 is 0 Å². The molecule has 1 saturated heterocycles. The zero-order chi connectivity index (χ0) is 23.6. The van der Waals surface area contributed by atoms with E-state index in [1.165, 1.54) is 4.31 Å². The van der Waals surface area contributed by atoms with Gasteiger partial charge in [0.05, 0.1) is 4.90 Å². The number of benzene rings is 3. The Morgan fingerprint density at radius 2 is 1.64 bits per heavy atom. The highest BCUT2D eigenvalue weighted by atomic mass is 32.2. The zero-order valence-corrected chi connectivity index (χ0v) is 19.5. The lowest BCUT2D eigenvalue weighted by atomic mass is 9.96. The van der Waals surface area contributed by atoms with Gasteiger partial charge in [-0.1, -0.05) is 36.4 Å². The van der Waals surface area contributed by atoms with Crippen LogP contribution in [0.4, 0.5) is 5.69 Å². The minimum Gasteiger partial charge on any atom is -0.355 e. The lowest BCUT2D eigenvalue weighted by Crippen LogP contribution is -2.41. The molecule has 3 aromatic carbocycles. The monoisotopic (exact) mass is 465 g/mol. The van der Waals surface area contributed by atoms with E-state index in [4.69, 9.17) is 0 Å². The van der Waals surface area contributed by atoms with E-state index in [-0.39, 0.29) is 35.7 Å². The molecular weight excluding hydrogens is 438 g/mol. The Hall–Kier alpha value is -3.23. The Balaban J connectivity index is 1.43. The summed E-state index contributed by atoms with van der Waals surface area (Å²) in [6.45, 7) is 2.36. The maximum atomic E-state index is 13.2. The fourth-order valence-corrected chi connectivity index (χ4v) is 5.73. The smallest absolute Gasteiger partial charge is 0.251 e. The van der Waals surface area contributed by atoms with Crippen molar-refractivity contribution in [2.45, 2.75) is 24.7 Å². The number of carbonyl (C=O) groups is 2. The number of fused-ring (bicyclic) bond motifs is 1. The molecule has 0 spiro atoms. The van der Waals surface area contributed by atoms with Crippen molar-refractivity contribution >= 4 is 38.3 Å². The van der Waals surface area contributed by atoms with Crippen molar-refractivity contribution in [3.63, 3.8) is 0 Å². The lowest BCUT2D eigenvalue weighted by Gasteiger charge is -2.30. The fraction of sp³-hybridized carbons (Fsp3) is 0.280. The van der Waals surface area contributed by atoms with Gasteiger partial charge >= 0.3 is 0 Å². The summed E-state index contributed by atoms with van der Waals surface area (Å²) in [5.41, 5.74) is 1.79. The topological polar surface area (TPSA) is 95.6 Å². The largest absolute Gasteiger partial charge is 0.355 e. The maximum absolute atomic E-state index is 13.2. The number of anilines is 1. The first-order valence-electron chi connectivity index (χ1n) is 10.9. The van der Waals surface area contributed by atoms with Gasteiger partial charge in [-0.25, -0.2) is 8.42 Å². The highest BCUT2D eigenvalue weighted by Crippen LogP contribution is 2.27. The van der Waals surface area contributed by atoms with Crippen molar-refractivity contribution in [3.05, 3.63) is 71.8 Å². The number of nitrogens with zero attached hydrogens (tertiary/aromatic N) is 1. The molecule has 0 unspecified atom stereocenters. The predicted octanol–water partition coefficient (Wildman–Crippen LogP) is 3.55. The summed E-state index contributed by atoms with van der Waals surface area (Å²) in [5.74, 6) is -0.665. The predicted molar refractivity (Wildman–Crippen MR) is 129 cm³/mol. The molecule has 172 valence electrons. The second kappa shape index (κ2) is 9.33. The fourth-order valence-electron chi connectivity index (χ4n) is 4.22. The van der Waals surface area contributed by atoms with Gasteiger partial charge in [0.15, 0.2) is 0 Å². The zero-order valence-electron chi connectivity index (χ0n) is 18.7. The van der Waals surface area contributed by atoms with Gasteiger partial charge in [-0.05, 0) is 60.4 Å². The average molecular weight is 466 g/mol. The van der Waals surface area contributed by atoms with Crippen molar-refractivity contribution in [1.82, 2.24) is 9.62 Å². The van der Waals surface area contributed by atoms with Crippen molar-refractivity contribution in [3.8, 4) is 0 Å². The number of carbonyl (C=O) groups excluding carboxylic acids is 2. The number of piperidine rings is 1. The molecule has 4 rings (SSSR count). The minimum atomic E-state index is -3.63. The van der Waals surface area contributed by atoms with Crippen molar-refractivity contribution in [2.24, 2.45) is 5.92 Å². The van der Waals surface area contributed by atoms with Crippen LogP contribution in [0.2, 0.25) is 0 Å². The molecule has 33 heavy (non-hydrogen) atoms. The van der Waals surface area contributed by atoms with Crippen LogP contribution in [0.1, 0.15) is 28.8 Å². The van der Waals surface area contributed by atoms with Crippen molar-refractivity contribution in [1.29, 1.82) is 0 Å². The molecule has 0 aliphatic carbocycles. The summed E-state index contributed by atoms with van der Waals surface area (Å²) >= 11 is 0. The molecule has 2 amide bonds. The molecule has 1 aliphatic rings. The Morgan fingerprint density at radius 3 is 2.33 bits per heavy atom. The van der Waals surface area contributed by atoms with Crippen molar-refractivity contribution in [2.75, 3.05) is 25.5 Å². The van der Waals surface area contributed by atoms with E-state index in [0.717, 1.165) is 10.8 Å². The van der Waals surface area contributed by atoms with Crippen molar-refractivity contribution < 1.29 is 18.0 Å². The van der Waals surface area contributed by atoms with E-state index in [1.807, 2.05) is 30.3 Å². The summed E-state index contributed by atoms with van der Waals surface area (Å²) in [6, 6.07) is 18.0. The molecule has 1 fully saturated rings. The lowest BCUT2D eigenvalue weighted by molar-refractivity contribution is -0.120. The van der Waals surface area contributed by atoms with Crippen LogP contribution in [0.3, 0.4) is 0 Å². The van der Waals surface area contributed by atoms with Crippen LogP contribution in [0.25, 0.3) is 10.8 Å². The Morgan fingerprint density at radius 1 is 0.939 bits per heavy atom. The first-order chi connectivity index (χ1) is 15.8. The standard InChI is InChI=1S/C25H27N3O4S/c1-17-22(25(30)26-2)8-5-9-23(17)27-24(29)19-12-14-28(15-13-19)33(31,32)21-11-10-18-6-3-4-7-20(18)16-21/h3-11,16,19H,12-15H2,1-2H3,(H,26,30)(H,27,29). The molecule has 0 radical (unpaired) electrons. The molecular formula is C25H27N3O4S. The maximum Gasteiger partial charge on any atom is 0.251 e. The second-order valence-electron chi connectivity index (χ2n) is 8.23. The van der Waals surface area contributed by atoms with E-state index >= 15 is 0 Å². The normalized spacial score (nSPS) is 15.3. The van der Waals surface area contributed by atoms with E-state index in [1.54, 1.807) is 44.3 Å². The van der Waals surface area contributed by atoms with E-state index in [9.17, 15) is 18.0 Å². The Bertz CT molecular complexity index is 1310. The second-order valence-corrected chi connectivity index (χ2v) is 10.2. The Labute approximate surface area is 193 Å². The van der Waals surface area contributed by atoms with Crippen LogP contribution in [-0.4, -0.2) is 44.7 Å². The number of nitrogens with one attached hydrogen (secondary N) is 2. The third-order valence-corrected chi connectivity index (χ3v) is 8.14. The number of hydrogen-bond acceptors (Lipinski definition) is 4. The highest BCUT2D eigenvalue weighted by molar-refractivity contribution is 7.89. The molecule has 0 saturated carbocycles. The van der Waals surface area contributed by atoms with Gasteiger partial charge in [0.1, 0.15) is 0 Å². The summed E-state index contributed by atoms with van der Waals surface area (Å²) in [5, 5.41) is 7.38. The molecule has 2 N–H and O–H groups in total. The number of hydrogen-bond donors (Lipinski definition) is 2. The average Bonchev–Trinajstić information content (AvgIpc) is 2.84. The number of amides is 2. The Kier molecular flexibility index (Phi) is 6.49. The molecule has 1 aliphatic heterocycles. The first-order valence-corrected chi connectivity index (χ1v) is 12.4. The SMILES string of the molecule is CNC(=O)c1cccc(NC(=O)C2CCN(S(=O)(=O)c3ccc4ccccc4c3)CC2)c1C. The van der Waals surface area contributed by atoms with E-state index in [0.29, 0.717) is 29.7 Å². The molecule has 0 bridgehead atoms. The molecule has 7 nitrogen and oxygen atoms in total. The summed E-state index contributed by atoms with van der Waals surface area (Å²) in [6.07, 6.45) is 0.875. The van der Waals surface area contributed by atoms with Gasteiger partial charge in [0.25, 0.3) is 5.91 Å². The summed E-state index contributed by atoms with van der Waals surface area (Å²) in [4.78, 5) is 25.1. The summed E-state index contributed by atoms with van der Waals surface area (Å²) < 4.78 is 27.8. The van der Waals surface area contributed by atoms with Gasteiger partial charge in [-0.2, -0.15) is 4.31 Å². The van der Waals surface area contributed by atoms with Gasteiger partial charge in [0, 0.05) is 37.3 Å². The first kappa shape index (κ1) is 22.9. The quantitative estimate of drug-likeness (QED) is 0.602. The molecule has 8 heteroatoms. The van der Waals surface area contributed by atoms with Gasteiger partial charge in [-0.15, -0.1) is 0 Å². The molecule has 1 heterocycles. The van der Waals surface area contributed by atoms with Crippen LogP contribution in [0.15, 0.2) is 65.6 Å². The third-order valence-electron chi connectivity index (χ3n) is 6.25. The minimum absolute atomic E-state index is 0.157. The van der Waals surface area contributed by atoms with Crippen LogP contribution in [-0.2, 0) is 14.8 Å². The molecule has 0 aromatic heterocycles. The number of sulfonamides is 1. The van der Waals surface area contributed by atoms with Crippen LogP contribution in [0.5, 0.6) is 0 Å². The highest BCUT2D eigenvalue weighted by Gasteiger charge is 2.32. The van der Waals surface area contributed by atoms with E-state index < -0.39 is 10.0 Å². The van der Waals surface area contributed by atoms with Gasteiger partial charge < -0.3 is 10.6 Å². The van der Waals surface area contributed by atoms with Crippen LogP contribution in [0, 0.1) is 12.8 Å². The van der Waals surface area contributed by atoms with Gasteiger partial charge in [-0.3, -0.25) is 9.59 Å². The number of rotatable bonds is 5.